The molecule has 0 spiro atoms. The third kappa shape index (κ3) is 2.71. The Labute approximate surface area is 98.7 Å². The SMILES string of the molecule is O=C(O)C1=CS(=O)(=O)C(CN2CCNCC2)=N1. The van der Waals surface area contributed by atoms with Gasteiger partial charge < -0.3 is 10.4 Å². The van der Waals surface area contributed by atoms with Gasteiger partial charge in [-0.15, -0.1) is 0 Å². The average molecular weight is 259 g/mol. The molecule has 2 N–H and O–H groups in total. The van der Waals surface area contributed by atoms with Crippen molar-refractivity contribution in [1.29, 1.82) is 0 Å². The first-order chi connectivity index (χ1) is 7.99. The molecule has 7 nitrogen and oxygen atoms in total. The molecule has 2 aliphatic rings. The molecule has 0 aromatic heterocycles. The lowest BCUT2D eigenvalue weighted by atomic mass is 10.3. The molecule has 0 radical (unpaired) electrons. The van der Waals surface area contributed by atoms with Gasteiger partial charge in [-0.2, -0.15) is 0 Å². The Morgan fingerprint density at radius 3 is 2.65 bits per heavy atom. The normalized spacial score (nSPS) is 24.2. The number of carboxylic acids is 1. The molecule has 0 aromatic carbocycles. The lowest BCUT2D eigenvalue weighted by Gasteiger charge is -2.26. The van der Waals surface area contributed by atoms with Crippen LogP contribution in [0.25, 0.3) is 0 Å². The zero-order valence-electron chi connectivity index (χ0n) is 9.09. The van der Waals surface area contributed by atoms with Crippen LogP contribution in [0.1, 0.15) is 0 Å². The van der Waals surface area contributed by atoms with Gasteiger partial charge in [0.1, 0.15) is 0 Å². The number of sulfone groups is 1. The molecule has 8 heteroatoms. The Bertz CT molecular complexity index is 488. The maximum absolute atomic E-state index is 11.6. The minimum atomic E-state index is -3.64. The summed E-state index contributed by atoms with van der Waals surface area (Å²) < 4.78 is 23.3. The number of hydrogen-bond donors (Lipinski definition) is 2. The number of aliphatic imine (C=N–C) groups is 1. The maximum atomic E-state index is 11.6. The summed E-state index contributed by atoms with van der Waals surface area (Å²) in [7, 11) is -3.64. The van der Waals surface area contributed by atoms with E-state index in [0.717, 1.165) is 26.2 Å². The Balaban J connectivity index is 2.11. The van der Waals surface area contributed by atoms with Crippen LogP contribution in [0.5, 0.6) is 0 Å². The molecule has 2 rings (SSSR count). The summed E-state index contributed by atoms with van der Waals surface area (Å²) in [5.41, 5.74) is -0.407. The van der Waals surface area contributed by atoms with Gasteiger partial charge in [-0.1, -0.05) is 0 Å². The predicted octanol–water partition coefficient (Wildman–Crippen LogP) is -1.36. The van der Waals surface area contributed by atoms with Crippen molar-refractivity contribution in [3.8, 4) is 0 Å². The molecule has 0 unspecified atom stereocenters. The Morgan fingerprint density at radius 2 is 2.12 bits per heavy atom. The molecule has 0 aliphatic carbocycles. The molecule has 2 aliphatic heterocycles. The highest BCUT2D eigenvalue weighted by Gasteiger charge is 2.29. The van der Waals surface area contributed by atoms with Crippen LogP contribution in [0.3, 0.4) is 0 Å². The van der Waals surface area contributed by atoms with Crippen LogP contribution in [-0.4, -0.2) is 62.2 Å². The molecule has 0 amide bonds. The largest absolute Gasteiger partial charge is 0.476 e. The van der Waals surface area contributed by atoms with Gasteiger partial charge in [-0.05, 0) is 0 Å². The topological polar surface area (TPSA) is 99.1 Å². The summed E-state index contributed by atoms with van der Waals surface area (Å²) in [5.74, 6) is -1.32. The highest BCUT2D eigenvalue weighted by atomic mass is 32.2. The van der Waals surface area contributed by atoms with E-state index in [1.165, 1.54) is 0 Å². The van der Waals surface area contributed by atoms with Crippen molar-refractivity contribution in [2.24, 2.45) is 4.99 Å². The monoisotopic (exact) mass is 259 g/mol. The van der Waals surface area contributed by atoms with Gasteiger partial charge in [0.05, 0.1) is 12.0 Å². The second-order valence-electron chi connectivity index (χ2n) is 3.88. The number of hydrogen-bond acceptors (Lipinski definition) is 6. The molecule has 94 valence electrons. The molecular weight excluding hydrogens is 246 g/mol. The zero-order chi connectivity index (χ0) is 12.5. The third-order valence-corrected chi connectivity index (χ3v) is 4.04. The van der Waals surface area contributed by atoms with Gasteiger partial charge in [-0.25, -0.2) is 18.2 Å². The highest BCUT2D eigenvalue weighted by molar-refractivity contribution is 8.09. The molecule has 0 aromatic rings. The summed E-state index contributed by atoms with van der Waals surface area (Å²) in [6.45, 7) is 3.24. The van der Waals surface area contributed by atoms with Crippen molar-refractivity contribution in [2.75, 3.05) is 32.7 Å². The van der Waals surface area contributed by atoms with Crippen molar-refractivity contribution in [3.63, 3.8) is 0 Å². The van der Waals surface area contributed by atoms with Gasteiger partial charge in [0.2, 0.25) is 9.84 Å². The van der Waals surface area contributed by atoms with E-state index in [9.17, 15) is 13.2 Å². The summed E-state index contributed by atoms with van der Waals surface area (Å²) in [6, 6.07) is 0. The van der Waals surface area contributed by atoms with Crippen LogP contribution in [0.2, 0.25) is 0 Å². The fraction of sp³-hybridized carbons (Fsp3) is 0.556. The van der Waals surface area contributed by atoms with E-state index in [1.54, 1.807) is 0 Å². The van der Waals surface area contributed by atoms with Crippen molar-refractivity contribution < 1.29 is 18.3 Å². The van der Waals surface area contributed by atoms with E-state index in [4.69, 9.17) is 5.11 Å². The number of rotatable bonds is 3. The van der Waals surface area contributed by atoms with Crippen molar-refractivity contribution in [3.05, 3.63) is 11.1 Å². The summed E-state index contributed by atoms with van der Waals surface area (Å²) in [5, 5.41) is 12.5. The van der Waals surface area contributed by atoms with Gasteiger partial charge in [0.25, 0.3) is 0 Å². The van der Waals surface area contributed by atoms with Crippen molar-refractivity contribution in [2.45, 2.75) is 0 Å². The van der Waals surface area contributed by atoms with Crippen molar-refractivity contribution >= 4 is 20.9 Å². The highest BCUT2D eigenvalue weighted by Crippen LogP contribution is 2.15. The number of piperazine rings is 1. The lowest BCUT2D eigenvalue weighted by molar-refractivity contribution is -0.132. The van der Waals surface area contributed by atoms with E-state index in [-0.39, 0.29) is 11.6 Å². The fourth-order valence-electron chi connectivity index (χ4n) is 1.72. The number of carboxylic acid groups (broad SMARTS) is 1. The second kappa shape index (κ2) is 4.55. The third-order valence-electron chi connectivity index (χ3n) is 2.63. The second-order valence-corrected chi connectivity index (χ2v) is 5.68. The van der Waals surface area contributed by atoms with E-state index < -0.39 is 21.5 Å². The molecule has 17 heavy (non-hydrogen) atoms. The number of aliphatic carboxylic acids is 1. The van der Waals surface area contributed by atoms with E-state index in [0.29, 0.717) is 5.41 Å². The first kappa shape index (κ1) is 12.2. The predicted molar refractivity (Wildman–Crippen MR) is 61.4 cm³/mol. The quantitative estimate of drug-likeness (QED) is 0.650. The smallest absolute Gasteiger partial charge is 0.355 e. The van der Waals surface area contributed by atoms with Crippen LogP contribution < -0.4 is 5.32 Å². The minimum absolute atomic E-state index is 0.0724. The molecule has 1 fully saturated rings. The minimum Gasteiger partial charge on any atom is -0.476 e. The van der Waals surface area contributed by atoms with Gasteiger partial charge >= 0.3 is 5.97 Å². The summed E-state index contributed by atoms with van der Waals surface area (Å²) in [6.07, 6.45) is 0. The Hall–Kier alpha value is -1.25. The van der Waals surface area contributed by atoms with Gasteiger partial charge in [0.15, 0.2) is 10.7 Å². The molecule has 0 saturated carbocycles. The van der Waals surface area contributed by atoms with Gasteiger partial charge in [0, 0.05) is 26.2 Å². The summed E-state index contributed by atoms with van der Waals surface area (Å²) in [4.78, 5) is 16.3. The molecule has 0 bridgehead atoms. The number of nitrogens with zero attached hydrogens (tertiary/aromatic N) is 2. The van der Waals surface area contributed by atoms with Crippen LogP contribution in [0.4, 0.5) is 0 Å². The maximum Gasteiger partial charge on any atom is 0.355 e. The van der Waals surface area contributed by atoms with E-state index in [1.807, 2.05) is 4.90 Å². The van der Waals surface area contributed by atoms with Crippen LogP contribution >= 0.6 is 0 Å². The van der Waals surface area contributed by atoms with Crippen LogP contribution in [0.15, 0.2) is 16.1 Å². The number of carbonyl (C=O) groups is 1. The number of nitrogens with one attached hydrogen (secondary N) is 1. The van der Waals surface area contributed by atoms with Crippen molar-refractivity contribution in [1.82, 2.24) is 10.2 Å². The fourth-order valence-corrected chi connectivity index (χ4v) is 2.89. The Kier molecular flexibility index (Phi) is 3.27. The zero-order valence-corrected chi connectivity index (χ0v) is 9.90. The van der Waals surface area contributed by atoms with Gasteiger partial charge in [-0.3, -0.25) is 4.90 Å². The molecule has 2 heterocycles. The molecular formula is C9H13N3O4S. The van der Waals surface area contributed by atoms with Crippen LogP contribution in [-0.2, 0) is 14.6 Å². The standard InChI is InChI=1S/C9H13N3O4S/c13-9(14)7-6-17(15,16)8(11-7)5-12-3-1-10-2-4-12/h6,10H,1-5H2,(H,13,14). The lowest BCUT2D eigenvalue weighted by Crippen LogP contribution is -2.46. The van der Waals surface area contributed by atoms with E-state index in [2.05, 4.69) is 10.3 Å². The molecule has 1 saturated heterocycles. The average Bonchev–Trinajstić information content (AvgIpc) is 2.56. The summed E-state index contributed by atoms with van der Waals surface area (Å²) >= 11 is 0. The first-order valence-electron chi connectivity index (χ1n) is 5.20. The molecule has 0 atom stereocenters. The first-order valence-corrected chi connectivity index (χ1v) is 6.74. The Morgan fingerprint density at radius 1 is 1.47 bits per heavy atom. The van der Waals surface area contributed by atoms with E-state index >= 15 is 0 Å². The van der Waals surface area contributed by atoms with Crippen LogP contribution in [0, 0.1) is 0 Å².